The fourth-order valence-electron chi connectivity index (χ4n) is 1.92. The van der Waals surface area contributed by atoms with Crippen molar-refractivity contribution in [1.29, 1.82) is 0 Å². The molecule has 2 aromatic rings. The van der Waals surface area contributed by atoms with Gasteiger partial charge in [0, 0.05) is 6.54 Å². The second-order valence-electron chi connectivity index (χ2n) is 5.82. The van der Waals surface area contributed by atoms with Gasteiger partial charge in [0.2, 0.25) is 5.89 Å². The smallest absolute Gasteiger partial charge is 0.407 e. The summed E-state index contributed by atoms with van der Waals surface area (Å²) in [7, 11) is 0. The summed E-state index contributed by atoms with van der Waals surface area (Å²) >= 11 is 0. The molecule has 7 nitrogen and oxygen atoms in total. The van der Waals surface area contributed by atoms with Gasteiger partial charge in [-0.15, -0.1) is 5.10 Å². The van der Waals surface area contributed by atoms with Gasteiger partial charge in [0.25, 0.3) is 0 Å². The van der Waals surface area contributed by atoms with Crippen LogP contribution in [0.25, 0.3) is 0 Å². The van der Waals surface area contributed by atoms with Crippen molar-refractivity contribution in [2.75, 3.05) is 12.3 Å². The lowest BCUT2D eigenvalue weighted by molar-refractivity contribution is 0.0525. The lowest BCUT2D eigenvalue weighted by Crippen LogP contribution is -2.35. The summed E-state index contributed by atoms with van der Waals surface area (Å²) in [6.07, 6.45) is -0.499. The highest BCUT2D eigenvalue weighted by atomic mass is 16.6. The van der Waals surface area contributed by atoms with Crippen molar-refractivity contribution in [2.45, 2.75) is 32.3 Å². The van der Waals surface area contributed by atoms with Crippen LogP contribution in [0.1, 0.15) is 38.1 Å². The largest absolute Gasteiger partial charge is 0.444 e. The Hall–Kier alpha value is -2.57. The van der Waals surface area contributed by atoms with Crippen LogP contribution in [0.2, 0.25) is 0 Å². The number of nitrogens with two attached hydrogens (primary N) is 1. The molecule has 7 heteroatoms. The fraction of sp³-hybridized carbons (Fsp3) is 0.400. The molecule has 1 heterocycles. The van der Waals surface area contributed by atoms with E-state index in [1.54, 1.807) is 20.8 Å². The van der Waals surface area contributed by atoms with Gasteiger partial charge in [0.05, 0.1) is 5.92 Å². The first-order valence-electron chi connectivity index (χ1n) is 6.96. The van der Waals surface area contributed by atoms with Crippen molar-refractivity contribution in [3.05, 3.63) is 41.8 Å². The van der Waals surface area contributed by atoms with Crippen molar-refractivity contribution in [3.63, 3.8) is 0 Å². The number of carbonyl (C=O) groups is 1. The van der Waals surface area contributed by atoms with Gasteiger partial charge < -0.3 is 20.2 Å². The molecule has 1 unspecified atom stereocenters. The fourth-order valence-corrected chi connectivity index (χ4v) is 1.92. The van der Waals surface area contributed by atoms with E-state index in [0.717, 1.165) is 5.56 Å². The van der Waals surface area contributed by atoms with Gasteiger partial charge >= 0.3 is 12.1 Å². The average Bonchev–Trinajstić information content (AvgIpc) is 2.85. The molecule has 1 atom stereocenters. The minimum Gasteiger partial charge on any atom is -0.444 e. The zero-order chi connectivity index (χ0) is 16.2. The van der Waals surface area contributed by atoms with E-state index in [1.165, 1.54) is 0 Å². The number of hydrogen-bond acceptors (Lipinski definition) is 6. The number of carbonyl (C=O) groups excluding carboxylic acids is 1. The van der Waals surface area contributed by atoms with E-state index >= 15 is 0 Å². The molecule has 2 rings (SSSR count). The van der Waals surface area contributed by atoms with Crippen molar-refractivity contribution < 1.29 is 13.9 Å². The molecular formula is C15H20N4O3. The first kappa shape index (κ1) is 15.8. The number of hydrogen-bond donors (Lipinski definition) is 2. The topological polar surface area (TPSA) is 103 Å². The Morgan fingerprint density at radius 2 is 2.00 bits per heavy atom. The minimum absolute atomic E-state index is 0.00630. The number of aromatic nitrogens is 2. The Morgan fingerprint density at radius 1 is 1.32 bits per heavy atom. The molecule has 22 heavy (non-hydrogen) atoms. The molecule has 1 amide bonds. The number of nitrogens with one attached hydrogen (secondary N) is 1. The quantitative estimate of drug-likeness (QED) is 0.898. The lowest BCUT2D eigenvalue weighted by Gasteiger charge is -2.21. The van der Waals surface area contributed by atoms with Crippen LogP contribution in [0, 0.1) is 0 Å². The van der Waals surface area contributed by atoms with Crippen molar-refractivity contribution >= 4 is 12.1 Å². The SMILES string of the molecule is CC(C)(C)OC(=O)NCC(c1ccccc1)c1nnc(N)o1. The van der Waals surface area contributed by atoms with Crippen LogP contribution in [0.5, 0.6) is 0 Å². The summed E-state index contributed by atoms with van der Waals surface area (Å²) in [6.45, 7) is 5.68. The first-order chi connectivity index (χ1) is 10.3. The molecule has 0 spiro atoms. The van der Waals surface area contributed by atoms with Gasteiger partial charge in [-0.2, -0.15) is 0 Å². The van der Waals surface area contributed by atoms with E-state index in [1.807, 2.05) is 30.3 Å². The Labute approximate surface area is 128 Å². The van der Waals surface area contributed by atoms with Gasteiger partial charge in [-0.1, -0.05) is 35.4 Å². The van der Waals surface area contributed by atoms with Gasteiger partial charge in [-0.05, 0) is 26.3 Å². The summed E-state index contributed by atoms with van der Waals surface area (Å²) in [5.74, 6) is 0.0540. The minimum atomic E-state index is -0.554. The van der Waals surface area contributed by atoms with E-state index in [4.69, 9.17) is 14.9 Å². The molecule has 0 fully saturated rings. The highest BCUT2D eigenvalue weighted by molar-refractivity contribution is 5.67. The van der Waals surface area contributed by atoms with Crippen molar-refractivity contribution in [2.24, 2.45) is 0 Å². The van der Waals surface area contributed by atoms with Crippen LogP contribution in [0.3, 0.4) is 0 Å². The normalized spacial score (nSPS) is 12.7. The summed E-state index contributed by atoms with van der Waals surface area (Å²) in [6, 6.07) is 9.53. The van der Waals surface area contributed by atoms with Crippen LogP contribution in [-0.2, 0) is 4.74 Å². The van der Waals surface area contributed by atoms with Crippen molar-refractivity contribution in [1.82, 2.24) is 15.5 Å². The third-order valence-electron chi connectivity index (χ3n) is 2.81. The molecule has 0 saturated heterocycles. The average molecular weight is 304 g/mol. The maximum atomic E-state index is 11.8. The van der Waals surface area contributed by atoms with Crippen LogP contribution in [0.15, 0.2) is 34.7 Å². The number of rotatable bonds is 4. The standard InChI is InChI=1S/C15H20N4O3/c1-15(2,3)22-14(20)17-9-11(10-7-5-4-6-8-10)12-18-19-13(16)21-12/h4-8,11H,9H2,1-3H3,(H2,16,19)(H,17,20). The number of benzene rings is 1. The van der Waals surface area contributed by atoms with Crippen LogP contribution in [-0.4, -0.2) is 28.4 Å². The number of alkyl carbamates (subject to hydrolysis) is 1. The maximum absolute atomic E-state index is 11.8. The van der Waals surface area contributed by atoms with Gasteiger partial charge in [-0.25, -0.2) is 4.79 Å². The Bertz CT molecular complexity index is 619. The molecule has 118 valence electrons. The lowest BCUT2D eigenvalue weighted by atomic mass is 9.99. The van der Waals surface area contributed by atoms with E-state index in [2.05, 4.69) is 15.5 Å². The molecule has 1 aromatic heterocycles. The summed E-state index contributed by atoms with van der Waals surface area (Å²) < 4.78 is 10.5. The Balaban J connectivity index is 2.11. The predicted molar refractivity (Wildman–Crippen MR) is 81.2 cm³/mol. The van der Waals surface area contributed by atoms with E-state index in [9.17, 15) is 4.79 Å². The molecule has 1 aromatic carbocycles. The molecule has 0 bridgehead atoms. The summed E-state index contributed by atoms with van der Waals surface area (Å²) in [5.41, 5.74) is 5.86. The summed E-state index contributed by atoms with van der Waals surface area (Å²) in [5, 5.41) is 10.3. The highest BCUT2D eigenvalue weighted by Crippen LogP contribution is 2.23. The van der Waals surface area contributed by atoms with Crippen LogP contribution in [0.4, 0.5) is 10.8 Å². The van der Waals surface area contributed by atoms with Gasteiger partial charge in [0.15, 0.2) is 0 Å². The zero-order valence-corrected chi connectivity index (χ0v) is 12.9. The molecule has 0 aliphatic heterocycles. The van der Waals surface area contributed by atoms with Crippen LogP contribution >= 0.6 is 0 Å². The van der Waals surface area contributed by atoms with Crippen molar-refractivity contribution in [3.8, 4) is 0 Å². The predicted octanol–water partition coefficient (Wildman–Crippen LogP) is 2.31. The molecule has 3 N–H and O–H groups in total. The number of ether oxygens (including phenoxy) is 1. The van der Waals surface area contributed by atoms with E-state index < -0.39 is 11.7 Å². The molecule has 0 radical (unpaired) electrons. The molecule has 0 aliphatic rings. The Kier molecular flexibility index (Phi) is 4.65. The van der Waals surface area contributed by atoms with E-state index in [0.29, 0.717) is 5.89 Å². The molecule has 0 saturated carbocycles. The number of nitrogen functional groups attached to an aromatic ring is 1. The molecule has 0 aliphatic carbocycles. The third-order valence-corrected chi connectivity index (χ3v) is 2.81. The zero-order valence-electron chi connectivity index (χ0n) is 12.9. The van der Waals surface area contributed by atoms with Gasteiger partial charge in [-0.3, -0.25) is 0 Å². The van der Waals surface area contributed by atoms with E-state index in [-0.39, 0.29) is 18.5 Å². The third kappa shape index (κ3) is 4.47. The summed E-state index contributed by atoms with van der Waals surface area (Å²) in [4.78, 5) is 11.8. The Morgan fingerprint density at radius 3 is 2.55 bits per heavy atom. The van der Waals surface area contributed by atoms with Gasteiger partial charge in [0.1, 0.15) is 5.60 Å². The van der Waals surface area contributed by atoms with Crippen LogP contribution < -0.4 is 11.1 Å². The number of anilines is 1. The first-order valence-corrected chi connectivity index (χ1v) is 6.96. The second-order valence-corrected chi connectivity index (χ2v) is 5.82. The molecular weight excluding hydrogens is 284 g/mol. The second kappa shape index (κ2) is 6.46. The maximum Gasteiger partial charge on any atom is 0.407 e. The number of amides is 1. The monoisotopic (exact) mass is 304 g/mol. The highest BCUT2D eigenvalue weighted by Gasteiger charge is 2.23. The number of nitrogens with zero attached hydrogens (tertiary/aromatic N) is 2.